The van der Waals surface area contributed by atoms with Crippen LogP contribution >= 0.6 is 15.9 Å². The van der Waals surface area contributed by atoms with Gasteiger partial charge in [0.05, 0.1) is 18.1 Å². The van der Waals surface area contributed by atoms with Crippen molar-refractivity contribution in [2.45, 2.75) is 25.9 Å². The van der Waals surface area contributed by atoms with E-state index in [1.807, 2.05) is 13.1 Å². The molecule has 0 saturated carbocycles. The van der Waals surface area contributed by atoms with Gasteiger partial charge in [0, 0.05) is 29.8 Å². The van der Waals surface area contributed by atoms with Crippen LogP contribution in [0.15, 0.2) is 16.7 Å². The molecule has 1 N–H and O–H groups in total. The minimum absolute atomic E-state index is 0.0211. The average Bonchev–Trinajstić information content (AvgIpc) is 2.97. The minimum atomic E-state index is -3.08. The monoisotopic (exact) mass is 378 g/mol. The highest BCUT2D eigenvalue weighted by atomic mass is 79.9. The van der Waals surface area contributed by atoms with Crippen LogP contribution in [0.25, 0.3) is 0 Å². The van der Waals surface area contributed by atoms with Crippen LogP contribution in [-0.2, 0) is 16.4 Å². The molecule has 1 atom stereocenters. The van der Waals surface area contributed by atoms with Crippen LogP contribution in [-0.4, -0.2) is 59.6 Å². The molecule has 21 heavy (non-hydrogen) atoms. The van der Waals surface area contributed by atoms with Crippen LogP contribution in [0.5, 0.6) is 0 Å². The summed E-state index contributed by atoms with van der Waals surface area (Å²) in [5.41, 5.74) is 0.502. The van der Waals surface area contributed by atoms with Gasteiger partial charge in [-0.05, 0) is 35.3 Å². The number of aliphatic hydroxyl groups excluding tert-OH is 1. The Kier molecular flexibility index (Phi) is 5.11. The first-order valence-corrected chi connectivity index (χ1v) is 9.47. The van der Waals surface area contributed by atoms with Gasteiger partial charge >= 0.3 is 0 Å². The number of nitrogens with zero attached hydrogens (tertiary/aromatic N) is 2. The Morgan fingerprint density at radius 2 is 2.29 bits per heavy atom. The number of aryl methyl sites for hydroxylation is 1. The Balaban J connectivity index is 2.27. The summed E-state index contributed by atoms with van der Waals surface area (Å²) < 4.78 is 25.9. The van der Waals surface area contributed by atoms with Gasteiger partial charge in [-0.1, -0.05) is 0 Å². The van der Waals surface area contributed by atoms with Gasteiger partial charge in [0.15, 0.2) is 9.84 Å². The largest absolute Gasteiger partial charge is 0.395 e. The summed E-state index contributed by atoms with van der Waals surface area (Å²) >= 11 is 3.34. The first-order valence-electron chi connectivity index (χ1n) is 6.86. The lowest BCUT2D eigenvalue weighted by atomic mass is 10.2. The lowest BCUT2D eigenvalue weighted by Crippen LogP contribution is -2.43. The fourth-order valence-corrected chi connectivity index (χ4v) is 4.84. The maximum absolute atomic E-state index is 12.7. The van der Waals surface area contributed by atoms with Crippen LogP contribution in [0.4, 0.5) is 0 Å². The highest BCUT2D eigenvalue weighted by Gasteiger charge is 2.35. The highest BCUT2D eigenvalue weighted by Crippen LogP contribution is 2.22. The Morgan fingerprint density at radius 1 is 1.57 bits per heavy atom. The zero-order valence-electron chi connectivity index (χ0n) is 11.8. The number of carbonyl (C=O) groups is 1. The lowest BCUT2D eigenvalue weighted by Gasteiger charge is -2.27. The molecular formula is C13H19BrN2O4S. The quantitative estimate of drug-likeness (QED) is 0.824. The minimum Gasteiger partial charge on any atom is -0.395 e. The standard InChI is InChI=1S/C13H19BrN2O4S/c1-2-15-8-10(14)7-12(15)13(18)16(4-5-17)11-3-6-21(19,20)9-11/h7-8,11,17H,2-6,9H2,1H3. The number of hydrogen-bond donors (Lipinski definition) is 1. The molecule has 1 aliphatic rings. The Bertz CT molecular complexity index is 626. The predicted molar refractivity (Wildman–Crippen MR) is 83.0 cm³/mol. The van der Waals surface area contributed by atoms with E-state index in [-0.39, 0.29) is 36.6 Å². The van der Waals surface area contributed by atoms with Crippen molar-refractivity contribution >= 4 is 31.7 Å². The second-order valence-electron chi connectivity index (χ2n) is 5.11. The number of halogens is 1. The molecule has 2 rings (SSSR count). The van der Waals surface area contributed by atoms with Crippen LogP contribution < -0.4 is 0 Å². The molecule has 2 heterocycles. The van der Waals surface area contributed by atoms with Crippen molar-refractivity contribution in [3.8, 4) is 0 Å². The van der Waals surface area contributed by atoms with E-state index < -0.39 is 9.84 Å². The van der Waals surface area contributed by atoms with Gasteiger partial charge in [0.2, 0.25) is 0 Å². The predicted octanol–water partition coefficient (Wildman–Crippen LogP) is 0.892. The van der Waals surface area contributed by atoms with E-state index in [1.165, 1.54) is 4.90 Å². The molecule has 1 fully saturated rings. The molecule has 0 aromatic carbocycles. The highest BCUT2D eigenvalue weighted by molar-refractivity contribution is 9.10. The van der Waals surface area contributed by atoms with E-state index in [2.05, 4.69) is 15.9 Å². The summed E-state index contributed by atoms with van der Waals surface area (Å²) in [4.78, 5) is 14.2. The average molecular weight is 379 g/mol. The number of carbonyl (C=O) groups excluding carboxylic acids is 1. The van der Waals surface area contributed by atoms with Gasteiger partial charge in [0.25, 0.3) is 5.91 Å². The molecule has 1 aromatic heterocycles. The second kappa shape index (κ2) is 6.50. The third kappa shape index (κ3) is 3.67. The van der Waals surface area contributed by atoms with Gasteiger partial charge < -0.3 is 14.6 Å². The molecule has 0 aliphatic carbocycles. The number of amides is 1. The molecule has 0 spiro atoms. The van der Waals surface area contributed by atoms with E-state index in [1.54, 1.807) is 10.6 Å². The summed E-state index contributed by atoms with van der Waals surface area (Å²) in [5.74, 6) is -0.156. The van der Waals surface area contributed by atoms with Gasteiger partial charge in [0.1, 0.15) is 5.69 Å². The first kappa shape index (κ1) is 16.5. The first-order chi connectivity index (χ1) is 9.88. The molecule has 118 valence electrons. The maximum atomic E-state index is 12.7. The number of aromatic nitrogens is 1. The summed E-state index contributed by atoms with van der Waals surface area (Å²) in [6.45, 7) is 2.53. The van der Waals surface area contributed by atoms with E-state index in [4.69, 9.17) is 0 Å². The molecule has 1 aliphatic heterocycles. The lowest BCUT2D eigenvalue weighted by molar-refractivity contribution is 0.0644. The normalized spacial score (nSPS) is 20.6. The maximum Gasteiger partial charge on any atom is 0.270 e. The van der Waals surface area contributed by atoms with E-state index in [0.29, 0.717) is 18.7 Å². The van der Waals surface area contributed by atoms with Crippen molar-refractivity contribution in [1.29, 1.82) is 0 Å². The number of hydrogen-bond acceptors (Lipinski definition) is 4. The molecule has 8 heteroatoms. The summed E-state index contributed by atoms with van der Waals surface area (Å²) in [5, 5.41) is 9.20. The molecule has 0 bridgehead atoms. The van der Waals surface area contributed by atoms with Crippen LogP contribution in [0.3, 0.4) is 0 Å². The molecule has 1 aromatic rings. The molecule has 1 saturated heterocycles. The van der Waals surface area contributed by atoms with Crippen molar-refractivity contribution in [1.82, 2.24) is 9.47 Å². The summed E-state index contributed by atoms with van der Waals surface area (Å²) in [6.07, 6.45) is 2.25. The fourth-order valence-electron chi connectivity index (χ4n) is 2.64. The van der Waals surface area contributed by atoms with Gasteiger partial charge in [-0.2, -0.15) is 0 Å². The van der Waals surface area contributed by atoms with Gasteiger partial charge in [-0.15, -0.1) is 0 Å². The van der Waals surface area contributed by atoms with Crippen LogP contribution in [0.1, 0.15) is 23.8 Å². The van der Waals surface area contributed by atoms with Gasteiger partial charge in [-0.3, -0.25) is 4.79 Å². The van der Waals surface area contributed by atoms with Crippen LogP contribution in [0, 0.1) is 0 Å². The van der Waals surface area contributed by atoms with Crippen molar-refractivity contribution in [2.24, 2.45) is 0 Å². The Hall–Kier alpha value is -0.860. The molecule has 1 amide bonds. The van der Waals surface area contributed by atoms with Crippen molar-refractivity contribution in [2.75, 3.05) is 24.7 Å². The Morgan fingerprint density at radius 3 is 2.81 bits per heavy atom. The fraction of sp³-hybridized carbons (Fsp3) is 0.615. The van der Waals surface area contributed by atoms with Gasteiger partial charge in [-0.25, -0.2) is 8.42 Å². The number of rotatable bonds is 5. The smallest absolute Gasteiger partial charge is 0.270 e. The van der Waals surface area contributed by atoms with Crippen molar-refractivity contribution < 1.29 is 18.3 Å². The van der Waals surface area contributed by atoms with E-state index in [0.717, 1.165) is 4.47 Å². The van der Waals surface area contributed by atoms with Crippen LogP contribution in [0.2, 0.25) is 0 Å². The topological polar surface area (TPSA) is 79.6 Å². The molecule has 0 radical (unpaired) electrons. The second-order valence-corrected chi connectivity index (χ2v) is 8.25. The third-order valence-corrected chi connectivity index (χ3v) is 5.86. The zero-order valence-corrected chi connectivity index (χ0v) is 14.2. The molecular weight excluding hydrogens is 360 g/mol. The Labute approximate surface area is 132 Å². The van der Waals surface area contributed by atoms with E-state index >= 15 is 0 Å². The van der Waals surface area contributed by atoms with E-state index in [9.17, 15) is 18.3 Å². The number of sulfone groups is 1. The molecule has 6 nitrogen and oxygen atoms in total. The van der Waals surface area contributed by atoms with Crippen molar-refractivity contribution in [3.63, 3.8) is 0 Å². The number of aliphatic hydroxyl groups is 1. The third-order valence-electron chi connectivity index (χ3n) is 3.67. The zero-order chi connectivity index (χ0) is 15.6. The summed E-state index contributed by atoms with van der Waals surface area (Å²) in [7, 11) is -3.08. The van der Waals surface area contributed by atoms with Crippen molar-refractivity contribution in [3.05, 3.63) is 22.4 Å². The molecule has 1 unspecified atom stereocenters. The summed E-state index contributed by atoms with van der Waals surface area (Å²) in [6, 6.07) is 1.37. The SMILES string of the molecule is CCn1cc(Br)cc1C(=O)N(CCO)C1CCS(=O)(=O)C1.